The summed E-state index contributed by atoms with van der Waals surface area (Å²) in [5.41, 5.74) is 0.906. The quantitative estimate of drug-likeness (QED) is 0.782. The Labute approximate surface area is 101 Å². The number of aliphatic carboxylic acids is 1. The minimum atomic E-state index is -0.901. The maximum atomic E-state index is 10.6. The minimum Gasteiger partial charge on any atom is -0.480 e. The van der Waals surface area contributed by atoms with E-state index in [1.54, 1.807) is 4.90 Å². The van der Waals surface area contributed by atoms with Crippen molar-refractivity contribution in [2.24, 2.45) is 0 Å². The Morgan fingerprint density at radius 1 is 1.29 bits per heavy atom. The van der Waals surface area contributed by atoms with E-state index in [1.807, 2.05) is 30.3 Å². The van der Waals surface area contributed by atoms with Crippen LogP contribution in [0.4, 0.5) is 0 Å². The number of rotatable bonds is 4. The molecule has 1 aromatic rings. The molecule has 3 heteroatoms. The molecule has 1 aromatic carbocycles. The van der Waals surface area contributed by atoms with Gasteiger partial charge >= 0.3 is 5.97 Å². The van der Waals surface area contributed by atoms with Crippen LogP contribution in [0.15, 0.2) is 30.3 Å². The molecule has 0 unspecified atom stereocenters. The third kappa shape index (κ3) is 5.41. The maximum absolute atomic E-state index is 10.6. The molecule has 0 amide bonds. The topological polar surface area (TPSA) is 40.5 Å². The smallest absolute Gasteiger partial charge is 0.317 e. The van der Waals surface area contributed by atoms with Gasteiger partial charge in [-0.25, -0.2) is 0 Å². The molecule has 0 fully saturated rings. The molecule has 0 aromatic heterocycles. The molecule has 0 heterocycles. The highest BCUT2D eigenvalue weighted by Crippen LogP contribution is 1.95. The number of carboxylic acid groups (broad SMARTS) is 1. The van der Waals surface area contributed by atoms with Crippen LogP contribution in [0, 0.1) is 24.2 Å². The second-order valence-corrected chi connectivity index (χ2v) is 3.41. The van der Waals surface area contributed by atoms with Crippen LogP contribution in [0.25, 0.3) is 0 Å². The third-order valence-corrected chi connectivity index (χ3v) is 1.98. The highest BCUT2D eigenvalue weighted by Gasteiger charge is 2.05. The summed E-state index contributed by atoms with van der Waals surface area (Å²) in [5, 5.41) is 8.67. The first-order chi connectivity index (χ1) is 8.22. The van der Waals surface area contributed by atoms with Gasteiger partial charge in [0.1, 0.15) is 0 Å². The number of hydrogen-bond acceptors (Lipinski definition) is 2. The number of nitrogens with zero attached hydrogens (tertiary/aromatic N) is 1. The van der Waals surface area contributed by atoms with Crippen molar-refractivity contribution in [2.45, 2.75) is 0 Å². The molecular weight excluding hydrogens is 214 g/mol. The lowest BCUT2D eigenvalue weighted by Gasteiger charge is -2.12. The summed E-state index contributed by atoms with van der Waals surface area (Å²) in [6.45, 7) is 0.550. The fourth-order valence-corrected chi connectivity index (χ4v) is 1.26. The van der Waals surface area contributed by atoms with E-state index in [0.717, 1.165) is 5.56 Å². The Balaban J connectivity index is 2.55. The number of carbonyl (C=O) groups is 1. The Morgan fingerprint density at radius 3 is 2.59 bits per heavy atom. The molecule has 0 aliphatic carbocycles. The molecule has 0 saturated heterocycles. The van der Waals surface area contributed by atoms with Crippen molar-refractivity contribution in [3.05, 3.63) is 35.9 Å². The maximum Gasteiger partial charge on any atom is 0.317 e. The average molecular weight is 227 g/mol. The molecule has 1 rings (SSSR count). The Bertz CT molecular complexity index is 462. The fraction of sp³-hybridized carbons (Fsp3) is 0.214. The van der Waals surface area contributed by atoms with Gasteiger partial charge in [0, 0.05) is 5.56 Å². The van der Waals surface area contributed by atoms with E-state index in [0.29, 0.717) is 6.54 Å². The van der Waals surface area contributed by atoms with E-state index in [9.17, 15) is 4.79 Å². The van der Waals surface area contributed by atoms with Crippen molar-refractivity contribution in [1.82, 2.24) is 4.90 Å². The van der Waals surface area contributed by atoms with Gasteiger partial charge in [0.25, 0.3) is 0 Å². The van der Waals surface area contributed by atoms with E-state index in [4.69, 9.17) is 11.5 Å². The van der Waals surface area contributed by atoms with E-state index < -0.39 is 5.97 Å². The summed E-state index contributed by atoms with van der Waals surface area (Å²) in [5.74, 6) is 7.38. The van der Waals surface area contributed by atoms with Gasteiger partial charge in [0.05, 0.1) is 19.6 Å². The summed E-state index contributed by atoms with van der Waals surface area (Å²) in [6.07, 6.45) is 5.16. The van der Waals surface area contributed by atoms with Crippen molar-refractivity contribution in [2.75, 3.05) is 19.6 Å². The summed E-state index contributed by atoms with van der Waals surface area (Å²) in [6, 6.07) is 9.52. The van der Waals surface area contributed by atoms with Crippen LogP contribution in [-0.4, -0.2) is 35.6 Å². The van der Waals surface area contributed by atoms with Crippen LogP contribution in [0.3, 0.4) is 0 Å². The summed E-state index contributed by atoms with van der Waals surface area (Å²) >= 11 is 0. The van der Waals surface area contributed by atoms with Crippen LogP contribution in [0.5, 0.6) is 0 Å². The highest BCUT2D eigenvalue weighted by molar-refractivity contribution is 5.69. The molecule has 1 N–H and O–H groups in total. The summed E-state index contributed by atoms with van der Waals surface area (Å²) < 4.78 is 0. The van der Waals surface area contributed by atoms with Gasteiger partial charge in [-0.15, -0.1) is 6.42 Å². The fourth-order valence-electron chi connectivity index (χ4n) is 1.26. The van der Waals surface area contributed by atoms with Crippen molar-refractivity contribution in [3.8, 4) is 24.2 Å². The predicted molar refractivity (Wildman–Crippen MR) is 66.2 cm³/mol. The standard InChI is InChI=1S/C14H13NO2/c1-2-10-15(12-14(16)17)11-6-9-13-7-4-3-5-8-13/h1,3-5,7-8H,10-12H2,(H,16,17). The van der Waals surface area contributed by atoms with Crippen molar-refractivity contribution in [3.63, 3.8) is 0 Å². The van der Waals surface area contributed by atoms with Gasteiger partial charge in [-0.05, 0) is 12.1 Å². The van der Waals surface area contributed by atoms with Crippen LogP contribution in [0.2, 0.25) is 0 Å². The lowest BCUT2D eigenvalue weighted by molar-refractivity contribution is -0.138. The van der Waals surface area contributed by atoms with Crippen LogP contribution in [-0.2, 0) is 4.79 Å². The van der Waals surface area contributed by atoms with E-state index in [-0.39, 0.29) is 13.1 Å². The van der Waals surface area contributed by atoms with Crippen molar-refractivity contribution < 1.29 is 9.90 Å². The molecule has 17 heavy (non-hydrogen) atoms. The van der Waals surface area contributed by atoms with Gasteiger partial charge in [0.15, 0.2) is 0 Å². The van der Waals surface area contributed by atoms with Gasteiger partial charge in [-0.2, -0.15) is 0 Å². The number of carboxylic acids is 1. The molecule has 0 bridgehead atoms. The molecular formula is C14H13NO2. The van der Waals surface area contributed by atoms with Crippen LogP contribution < -0.4 is 0 Å². The second-order valence-electron chi connectivity index (χ2n) is 3.41. The van der Waals surface area contributed by atoms with Crippen molar-refractivity contribution in [1.29, 1.82) is 0 Å². The highest BCUT2D eigenvalue weighted by atomic mass is 16.4. The Hall–Kier alpha value is -2.23. The lowest BCUT2D eigenvalue weighted by Crippen LogP contribution is -2.30. The lowest BCUT2D eigenvalue weighted by atomic mass is 10.2. The van der Waals surface area contributed by atoms with Gasteiger partial charge < -0.3 is 5.11 Å². The summed E-state index contributed by atoms with van der Waals surface area (Å²) in [7, 11) is 0. The molecule has 0 spiro atoms. The first-order valence-electron chi connectivity index (χ1n) is 5.14. The molecule has 86 valence electrons. The molecule has 0 aliphatic rings. The molecule has 0 atom stereocenters. The van der Waals surface area contributed by atoms with E-state index in [2.05, 4.69) is 17.8 Å². The monoisotopic (exact) mass is 227 g/mol. The minimum absolute atomic E-state index is 0.0896. The van der Waals surface area contributed by atoms with Gasteiger partial charge in [0.2, 0.25) is 0 Å². The molecule has 0 radical (unpaired) electrons. The second kappa shape index (κ2) is 7.11. The van der Waals surface area contributed by atoms with Crippen LogP contribution in [0.1, 0.15) is 5.56 Å². The zero-order valence-electron chi connectivity index (χ0n) is 9.39. The third-order valence-electron chi connectivity index (χ3n) is 1.98. The molecule has 0 aliphatic heterocycles. The summed E-state index contributed by atoms with van der Waals surface area (Å²) in [4.78, 5) is 12.2. The van der Waals surface area contributed by atoms with E-state index >= 15 is 0 Å². The molecule has 0 saturated carbocycles. The number of hydrogen-bond donors (Lipinski definition) is 1. The largest absolute Gasteiger partial charge is 0.480 e. The van der Waals surface area contributed by atoms with Crippen LogP contribution >= 0.6 is 0 Å². The van der Waals surface area contributed by atoms with E-state index in [1.165, 1.54) is 0 Å². The van der Waals surface area contributed by atoms with Gasteiger partial charge in [-0.3, -0.25) is 9.69 Å². The zero-order chi connectivity index (χ0) is 12.5. The molecule has 3 nitrogen and oxygen atoms in total. The Kier molecular flexibility index (Phi) is 5.37. The van der Waals surface area contributed by atoms with Gasteiger partial charge in [-0.1, -0.05) is 36.0 Å². The normalized spacial score (nSPS) is 9.18. The first kappa shape index (κ1) is 12.8. The zero-order valence-corrected chi connectivity index (χ0v) is 9.39. The first-order valence-corrected chi connectivity index (χ1v) is 5.14. The Morgan fingerprint density at radius 2 is 2.00 bits per heavy atom. The predicted octanol–water partition coefficient (Wildman–Crippen LogP) is 1.06. The van der Waals surface area contributed by atoms with Crippen molar-refractivity contribution >= 4 is 5.97 Å². The number of benzene rings is 1. The number of terminal acetylenes is 1. The average Bonchev–Trinajstić information content (AvgIpc) is 2.30. The SMILES string of the molecule is C#CCN(CC#Cc1ccccc1)CC(=O)O.